The summed E-state index contributed by atoms with van der Waals surface area (Å²) >= 11 is 6.13. The lowest BCUT2D eigenvalue weighted by molar-refractivity contribution is -0.126. The number of amides is 3. The molecule has 1 aliphatic rings. The highest BCUT2D eigenvalue weighted by Crippen LogP contribution is 2.25. The van der Waals surface area contributed by atoms with E-state index in [1.165, 1.54) is 0 Å². The van der Waals surface area contributed by atoms with Crippen LogP contribution in [0.25, 0.3) is 10.9 Å². The van der Waals surface area contributed by atoms with Gasteiger partial charge >= 0.3 is 6.09 Å². The SMILES string of the molecule is CC(C)(C)OC(=O)NCCNC(=O)C1CCCN(C(=O)c2cc(Cl)nc3ccccc23)C1. The number of aromatic nitrogens is 1. The Hall–Kier alpha value is -2.87. The molecule has 1 aromatic heterocycles. The number of pyridine rings is 1. The van der Waals surface area contributed by atoms with E-state index in [4.69, 9.17) is 16.3 Å². The molecule has 0 aliphatic carbocycles. The Bertz CT molecular complexity index is 1010. The molecule has 0 spiro atoms. The van der Waals surface area contributed by atoms with Crippen LogP contribution in [0.1, 0.15) is 44.0 Å². The van der Waals surface area contributed by atoms with Gasteiger partial charge in [0.2, 0.25) is 5.91 Å². The number of carbonyl (C=O) groups is 3. The van der Waals surface area contributed by atoms with Gasteiger partial charge in [-0.3, -0.25) is 9.59 Å². The second-order valence-electron chi connectivity index (χ2n) is 8.82. The highest BCUT2D eigenvalue weighted by molar-refractivity contribution is 6.30. The highest BCUT2D eigenvalue weighted by atomic mass is 35.5. The van der Waals surface area contributed by atoms with Crippen molar-refractivity contribution >= 4 is 40.4 Å². The van der Waals surface area contributed by atoms with Gasteiger partial charge in [0.25, 0.3) is 5.91 Å². The van der Waals surface area contributed by atoms with E-state index in [0.717, 1.165) is 11.8 Å². The molecule has 0 radical (unpaired) electrons. The van der Waals surface area contributed by atoms with Crippen LogP contribution in [0.3, 0.4) is 0 Å². The van der Waals surface area contributed by atoms with Crippen LogP contribution in [0.15, 0.2) is 30.3 Å². The fourth-order valence-electron chi connectivity index (χ4n) is 3.67. The number of carbonyl (C=O) groups excluding carboxylic acids is 3. The van der Waals surface area contributed by atoms with Gasteiger partial charge in [0.05, 0.1) is 17.0 Å². The Morgan fingerprint density at radius 1 is 1.19 bits per heavy atom. The fraction of sp³-hybridized carbons (Fsp3) is 0.478. The second-order valence-corrected chi connectivity index (χ2v) is 9.21. The Balaban J connectivity index is 1.56. The predicted octanol–water partition coefficient (Wildman–Crippen LogP) is 3.38. The molecule has 0 bridgehead atoms. The number of likely N-dealkylation sites (tertiary alicyclic amines) is 1. The molecule has 32 heavy (non-hydrogen) atoms. The first kappa shape index (κ1) is 23.8. The van der Waals surface area contributed by atoms with Crippen molar-refractivity contribution in [3.05, 3.63) is 41.0 Å². The number of nitrogens with one attached hydrogen (secondary N) is 2. The maximum atomic E-state index is 13.2. The highest BCUT2D eigenvalue weighted by Gasteiger charge is 2.29. The van der Waals surface area contributed by atoms with Crippen molar-refractivity contribution in [3.8, 4) is 0 Å². The third kappa shape index (κ3) is 6.32. The van der Waals surface area contributed by atoms with Crippen molar-refractivity contribution < 1.29 is 19.1 Å². The molecule has 2 aromatic rings. The van der Waals surface area contributed by atoms with Crippen LogP contribution in [0.4, 0.5) is 4.79 Å². The van der Waals surface area contributed by atoms with Gasteiger partial charge in [0.1, 0.15) is 10.8 Å². The standard InChI is InChI=1S/C23H29ClN4O4/c1-23(2,3)32-22(31)26-11-10-25-20(29)15-7-6-12-28(14-15)21(30)17-13-19(24)27-18-9-5-4-8-16(17)18/h4-5,8-9,13,15H,6-7,10-12,14H2,1-3H3,(H,25,29)(H,26,31). The van der Waals surface area contributed by atoms with Crippen LogP contribution in [0.5, 0.6) is 0 Å². The van der Waals surface area contributed by atoms with Crippen molar-refractivity contribution in [3.63, 3.8) is 0 Å². The molecule has 0 saturated carbocycles. The van der Waals surface area contributed by atoms with Crippen molar-refractivity contribution in [2.24, 2.45) is 5.92 Å². The maximum absolute atomic E-state index is 13.2. The normalized spacial score (nSPS) is 16.5. The third-order valence-electron chi connectivity index (χ3n) is 5.09. The Morgan fingerprint density at radius 2 is 1.91 bits per heavy atom. The summed E-state index contributed by atoms with van der Waals surface area (Å²) < 4.78 is 5.16. The number of alkyl carbamates (subject to hydrolysis) is 1. The van der Waals surface area contributed by atoms with Crippen LogP contribution in [0, 0.1) is 5.92 Å². The molecule has 1 aromatic carbocycles. The van der Waals surface area contributed by atoms with E-state index in [1.807, 2.05) is 24.3 Å². The number of hydrogen-bond donors (Lipinski definition) is 2. The summed E-state index contributed by atoms with van der Waals surface area (Å²) in [6.45, 7) is 6.81. The van der Waals surface area contributed by atoms with Gasteiger partial charge < -0.3 is 20.3 Å². The molecule has 3 rings (SSSR count). The molecule has 3 amide bonds. The van der Waals surface area contributed by atoms with Crippen LogP contribution >= 0.6 is 11.6 Å². The minimum atomic E-state index is -0.574. The van der Waals surface area contributed by atoms with Crippen LogP contribution in [0.2, 0.25) is 5.15 Å². The van der Waals surface area contributed by atoms with Gasteiger partial charge in [-0.25, -0.2) is 9.78 Å². The van der Waals surface area contributed by atoms with Gasteiger partial charge in [-0.15, -0.1) is 0 Å². The number of nitrogens with zero attached hydrogens (tertiary/aromatic N) is 2. The largest absolute Gasteiger partial charge is 0.444 e. The summed E-state index contributed by atoms with van der Waals surface area (Å²) in [5.74, 6) is -0.599. The summed E-state index contributed by atoms with van der Waals surface area (Å²) in [6.07, 6.45) is 0.911. The van der Waals surface area contributed by atoms with Gasteiger partial charge in [0, 0.05) is 31.6 Å². The molecule has 1 atom stereocenters. The van der Waals surface area contributed by atoms with Crippen LogP contribution in [-0.2, 0) is 9.53 Å². The Kier molecular flexibility index (Phi) is 7.56. The first-order valence-electron chi connectivity index (χ1n) is 10.7. The lowest BCUT2D eigenvalue weighted by Gasteiger charge is -2.32. The summed E-state index contributed by atoms with van der Waals surface area (Å²) in [4.78, 5) is 43.5. The molecule has 8 nitrogen and oxygen atoms in total. The first-order valence-corrected chi connectivity index (χ1v) is 11.1. The zero-order valence-electron chi connectivity index (χ0n) is 18.6. The Morgan fingerprint density at radius 3 is 2.66 bits per heavy atom. The van der Waals surface area contributed by atoms with Gasteiger partial charge in [-0.2, -0.15) is 0 Å². The number of fused-ring (bicyclic) bond motifs is 1. The van der Waals surface area contributed by atoms with Crippen molar-refractivity contribution in [2.75, 3.05) is 26.2 Å². The zero-order valence-corrected chi connectivity index (χ0v) is 19.4. The molecule has 172 valence electrons. The summed E-state index contributed by atoms with van der Waals surface area (Å²) in [6, 6.07) is 8.94. The molecule has 2 N–H and O–H groups in total. The van der Waals surface area contributed by atoms with Crippen LogP contribution < -0.4 is 10.6 Å². The quantitative estimate of drug-likeness (QED) is 0.526. The van der Waals surface area contributed by atoms with Crippen molar-refractivity contribution in [1.82, 2.24) is 20.5 Å². The summed E-state index contributed by atoms with van der Waals surface area (Å²) in [5.41, 5.74) is 0.575. The lowest BCUT2D eigenvalue weighted by atomic mass is 9.96. The smallest absolute Gasteiger partial charge is 0.407 e. The third-order valence-corrected chi connectivity index (χ3v) is 5.28. The zero-order chi connectivity index (χ0) is 23.3. The minimum absolute atomic E-state index is 0.133. The van der Waals surface area contributed by atoms with E-state index in [1.54, 1.807) is 31.7 Å². The molecule has 1 fully saturated rings. The number of rotatable bonds is 5. The van der Waals surface area contributed by atoms with Crippen LogP contribution in [-0.4, -0.2) is 59.6 Å². The van der Waals surface area contributed by atoms with Gasteiger partial charge in [-0.1, -0.05) is 29.8 Å². The number of piperidine rings is 1. The lowest BCUT2D eigenvalue weighted by Crippen LogP contribution is -2.46. The average Bonchev–Trinajstić information content (AvgIpc) is 2.74. The van der Waals surface area contributed by atoms with Crippen molar-refractivity contribution in [1.29, 1.82) is 0 Å². The van der Waals surface area contributed by atoms with Crippen molar-refractivity contribution in [2.45, 2.75) is 39.2 Å². The maximum Gasteiger partial charge on any atom is 0.407 e. The van der Waals surface area contributed by atoms with Gasteiger partial charge in [-0.05, 0) is 45.7 Å². The molecule has 2 heterocycles. The van der Waals surface area contributed by atoms with E-state index >= 15 is 0 Å². The molecule has 1 saturated heterocycles. The number of ether oxygens (including phenoxy) is 1. The van der Waals surface area contributed by atoms with E-state index in [9.17, 15) is 14.4 Å². The molecular weight excluding hydrogens is 432 g/mol. The topological polar surface area (TPSA) is 101 Å². The Labute approximate surface area is 192 Å². The predicted molar refractivity (Wildman–Crippen MR) is 123 cm³/mol. The number of para-hydroxylation sites is 1. The second kappa shape index (κ2) is 10.2. The minimum Gasteiger partial charge on any atom is -0.444 e. The monoisotopic (exact) mass is 460 g/mol. The van der Waals surface area contributed by atoms with Gasteiger partial charge in [0.15, 0.2) is 0 Å². The number of benzene rings is 1. The fourth-order valence-corrected chi connectivity index (χ4v) is 3.87. The molecule has 1 unspecified atom stereocenters. The van der Waals surface area contributed by atoms with E-state index < -0.39 is 11.7 Å². The molecule has 1 aliphatic heterocycles. The average molecular weight is 461 g/mol. The van der Waals surface area contributed by atoms with E-state index in [0.29, 0.717) is 30.6 Å². The van der Waals surface area contributed by atoms with E-state index in [-0.39, 0.29) is 36.0 Å². The molecule has 9 heteroatoms. The number of hydrogen-bond acceptors (Lipinski definition) is 5. The first-order chi connectivity index (χ1) is 15.1. The summed E-state index contributed by atoms with van der Waals surface area (Å²) in [7, 11) is 0. The molecular formula is C23H29ClN4O4. The summed E-state index contributed by atoms with van der Waals surface area (Å²) in [5, 5.41) is 6.44. The number of halogens is 1. The van der Waals surface area contributed by atoms with E-state index in [2.05, 4.69) is 15.6 Å².